The van der Waals surface area contributed by atoms with Crippen molar-refractivity contribution >= 4 is 28.8 Å². The molecule has 3 N–H and O–H groups in total. The summed E-state index contributed by atoms with van der Waals surface area (Å²) < 4.78 is 1.82. The van der Waals surface area contributed by atoms with Crippen LogP contribution in [0.1, 0.15) is 23.9 Å². The van der Waals surface area contributed by atoms with Gasteiger partial charge < -0.3 is 15.6 Å². The Morgan fingerprint density at radius 1 is 1.16 bits per heavy atom. The molecule has 7 nitrogen and oxygen atoms in total. The van der Waals surface area contributed by atoms with Crippen LogP contribution in [0, 0.1) is 0 Å². The summed E-state index contributed by atoms with van der Waals surface area (Å²) in [6, 6.07) is 17.6. The molecule has 0 bridgehead atoms. The Bertz CT molecular complexity index is 1070. The summed E-state index contributed by atoms with van der Waals surface area (Å²) in [6.45, 7) is 0.558. The molecular formula is C23H26N6OS. The van der Waals surface area contributed by atoms with Crippen molar-refractivity contribution in [2.24, 2.45) is 0 Å². The van der Waals surface area contributed by atoms with Gasteiger partial charge in [0.1, 0.15) is 5.82 Å². The van der Waals surface area contributed by atoms with Gasteiger partial charge >= 0.3 is 6.03 Å². The fraction of sp³-hybridized carbons (Fsp3) is 0.261. The molecule has 160 valence electrons. The van der Waals surface area contributed by atoms with Gasteiger partial charge in [-0.1, -0.05) is 24.3 Å². The number of nitrogens with zero attached hydrogens (tertiary/aromatic N) is 3. The van der Waals surface area contributed by atoms with Crippen LogP contribution >= 0.6 is 11.8 Å². The molecule has 0 saturated carbocycles. The van der Waals surface area contributed by atoms with Crippen molar-refractivity contribution in [1.29, 1.82) is 0 Å². The molecule has 0 fully saturated rings. The zero-order chi connectivity index (χ0) is 21.5. The summed E-state index contributed by atoms with van der Waals surface area (Å²) >= 11 is 1.75. The zero-order valence-electron chi connectivity index (χ0n) is 17.4. The number of nitrogens with one attached hydrogen (secondary N) is 3. The first-order valence-corrected chi connectivity index (χ1v) is 11.7. The lowest BCUT2D eigenvalue weighted by molar-refractivity contribution is 0.236. The minimum atomic E-state index is -0.181. The lowest BCUT2D eigenvalue weighted by atomic mass is 10.1. The highest BCUT2D eigenvalue weighted by atomic mass is 32.2. The number of carbonyl (C=O) groups excluding carboxylic acids is 1. The molecule has 2 aromatic carbocycles. The molecule has 2 amide bonds. The van der Waals surface area contributed by atoms with Gasteiger partial charge in [0.2, 0.25) is 0 Å². The number of amides is 2. The summed E-state index contributed by atoms with van der Waals surface area (Å²) in [5.41, 5.74) is 4.06. The lowest BCUT2D eigenvalue weighted by Crippen LogP contribution is -2.39. The molecule has 8 heteroatoms. The first kappa shape index (κ1) is 21.0. The minimum absolute atomic E-state index is 0.159. The Kier molecular flexibility index (Phi) is 6.89. The Hall–Kier alpha value is -3.26. The van der Waals surface area contributed by atoms with Gasteiger partial charge in [0.05, 0.1) is 22.8 Å². The second kappa shape index (κ2) is 10.2. The maximum absolute atomic E-state index is 12.5. The van der Waals surface area contributed by atoms with E-state index in [1.165, 1.54) is 0 Å². The monoisotopic (exact) mass is 434 g/mol. The van der Waals surface area contributed by atoms with Crippen LogP contribution < -0.4 is 10.6 Å². The highest BCUT2D eigenvalue weighted by Crippen LogP contribution is 2.20. The van der Waals surface area contributed by atoms with Crippen molar-refractivity contribution in [2.75, 3.05) is 18.6 Å². The van der Waals surface area contributed by atoms with Crippen LogP contribution in [0.25, 0.3) is 16.7 Å². The summed E-state index contributed by atoms with van der Waals surface area (Å²) in [4.78, 5) is 20.5. The third kappa shape index (κ3) is 5.46. The number of para-hydroxylation sites is 2. The maximum atomic E-state index is 12.5. The number of aromatic nitrogens is 4. The van der Waals surface area contributed by atoms with Crippen molar-refractivity contribution in [3.63, 3.8) is 0 Å². The number of hydrogen-bond acceptors (Lipinski definition) is 4. The second-order valence-electron chi connectivity index (χ2n) is 7.24. The predicted molar refractivity (Wildman–Crippen MR) is 126 cm³/mol. The first-order chi connectivity index (χ1) is 15.2. The summed E-state index contributed by atoms with van der Waals surface area (Å²) in [6.07, 6.45) is 7.30. The fourth-order valence-corrected chi connectivity index (χ4v) is 3.89. The van der Waals surface area contributed by atoms with Crippen LogP contribution in [-0.2, 0) is 6.42 Å². The third-order valence-corrected chi connectivity index (χ3v) is 5.70. The molecule has 0 radical (unpaired) electrons. The number of rotatable bonds is 9. The van der Waals surface area contributed by atoms with E-state index in [2.05, 4.69) is 44.1 Å². The highest BCUT2D eigenvalue weighted by Gasteiger charge is 2.18. The predicted octanol–water partition coefficient (Wildman–Crippen LogP) is 4.08. The van der Waals surface area contributed by atoms with Crippen LogP contribution in [0.2, 0.25) is 0 Å². The number of thioether (sulfide) groups is 1. The van der Waals surface area contributed by atoms with E-state index < -0.39 is 0 Å². The molecule has 0 spiro atoms. The van der Waals surface area contributed by atoms with Crippen LogP contribution in [-0.4, -0.2) is 44.3 Å². The van der Waals surface area contributed by atoms with E-state index in [-0.39, 0.29) is 12.1 Å². The number of urea groups is 1. The number of fused-ring (bicyclic) bond motifs is 1. The Balaban J connectivity index is 1.31. The Labute approximate surface area is 185 Å². The smallest absolute Gasteiger partial charge is 0.315 e. The summed E-state index contributed by atoms with van der Waals surface area (Å²) in [7, 11) is 0. The first-order valence-electron chi connectivity index (χ1n) is 10.3. The quantitative estimate of drug-likeness (QED) is 0.370. The molecule has 4 aromatic rings. The molecule has 4 rings (SSSR count). The van der Waals surface area contributed by atoms with Crippen molar-refractivity contribution in [3.8, 4) is 5.69 Å². The molecule has 2 heterocycles. The fourth-order valence-electron chi connectivity index (χ4n) is 3.42. The van der Waals surface area contributed by atoms with E-state index in [1.807, 2.05) is 53.3 Å². The normalized spacial score (nSPS) is 12.0. The molecule has 0 aliphatic carbocycles. The summed E-state index contributed by atoms with van der Waals surface area (Å²) in [5, 5.41) is 10.3. The van der Waals surface area contributed by atoms with E-state index in [0.717, 1.165) is 46.7 Å². The van der Waals surface area contributed by atoms with E-state index in [0.29, 0.717) is 6.54 Å². The van der Waals surface area contributed by atoms with Crippen molar-refractivity contribution < 1.29 is 4.79 Å². The van der Waals surface area contributed by atoms with Gasteiger partial charge in [-0.15, -0.1) is 0 Å². The minimum Gasteiger partial charge on any atom is -0.340 e. The SMILES string of the molecule is CSCC[C@H](NC(=O)NCCc1ccc(-n2cccn2)cc1)c1nc2ccccc2[nH]1. The van der Waals surface area contributed by atoms with Gasteiger partial charge in [-0.05, 0) is 60.7 Å². The van der Waals surface area contributed by atoms with Gasteiger partial charge in [0.15, 0.2) is 0 Å². The van der Waals surface area contributed by atoms with E-state index >= 15 is 0 Å². The number of imidazole rings is 1. The van der Waals surface area contributed by atoms with Crippen molar-refractivity contribution in [2.45, 2.75) is 18.9 Å². The van der Waals surface area contributed by atoms with Gasteiger partial charge in [-0.25, -0.2) is 14.5 Å². The topological polar surface area (TPSA) is 87.6 Å². The van der Waals surface area contributed by atoms with Gasteiger partial charge in [0, 0.05) is 18.9 Å². The van der Waals surface area contributed by atoms with Crippen molar-refractivity contribution in [3.05, 3.63) is 78.4 Å². The van der Waals surface area contributed by atoms with Gasteiger partial charge in [-0.2, -0.15) is 16.9 Å². The average molecular weight is 435 g/mol. The number of aromatic amines is 1. The average Bonchev–Trinajstić information content (AvgIpc) is 3.47. The largest absolute Gasteiger partial charge is 0.340 e. The third-order valence-electron chi connectivity index (χ3n) is 5.06. The van der Waals surface area contributed by atoms with Crippen LogP contribution in [0.3, 0.4) is 0 Å². The van der Waals surface area contributed by atoms with E-state index in [1.54, 1.807) is 18.0 Å². The number of benzene rings is 2. The molecule has 0 aliphatic heterocycles. The van der Waals surface area contributed by atoms with Gasteiger partial charge in [0.25, 0.3) is 0 Å². The van der Waals surface area contributed by atoms with Crippen LogP contribution in [0.4, 0.5) is 4.79 Å². The van der Waals surface area contributed by atoms with Crippen molar-refractivity contribution in [1.82, 2.24) is 30.4 Å². The standard InChI is InChI=1S/C23H26N6OS/c1-31-16-12-21(22-26-19-5-2-3-6-20(19)27-22)28-23(30)24-14-11-17-7-9-18(10-8-17)29-15-4-13-25-29/h2-10,13,15,21H,11-12,14,16H2,1H3,(H,26,27)(H2,24,28,30)/t21-/m0/s1. The maximum Gasteiger partial charge on any atom is 0.315 e. The van der Waals surface area contributed by atoms with E-state index in [4.69, 9.17) is 0 Å². The molecule has 0 aliphatic rings. The summed E-state index contributed by atoms with van der Waals surface area (Å²) in [5.74, 6) is 1.73. The zero-order valence-corrected chi connectivity index (χ0v) is 18.2. The molecular weight excluding hydrogens is 408 g/mol. The number of carbonyl (C=O) groups is 1. The lowest BCUT2D eigenvalue weighted by Gasteiger charge is -2.17. The van der Waals surface area contributed by atoms with Crippen LogP contribution in [0.5, 0.6) is 0 Å². The van der Waals surface area contributed by atoms with E-state index in [9.17, 15) is 4.79 Å². The van der Waals surface area contributed by atoms with Gasteiger partial charge in [-0.3, -0.25) is 0 Å². The highest BCUT2D eigenvalue weighted by molar-refractivity contribution is 7.98. The Morgan fingerprint density at radius 3 is 2.74 bits per heavy atom. The molecule has 2 aromatic heterocycles. The molecule has 0 saturated heterocycles. The molecule has 0 unspecified atom stereocenters. The molecule has 1 atom stereocenters. The second-order valence-corrected chi connectivity index (χ2v) is 8.23. The molecule has 31 heavy (non-hydrogen) atoms. The Morgan fingerprint density at radius 2 is 2.00 bits per heavy atom. The number of H-pyrrole nitrogens is 1. The number of hydrogen-bond donors (Lipinski definition) is 3. The van der Waals surface area contributed by atoms with Crippen LogP contribution in [0.15, 0.2) is 67.0 Å².